The number of carbonyl (C=O) groups excluding carboxylic acids is 3. The molecule has 30 heavy (non-hydrogen) atoms. The number of rotatable bonds is 6. The number of allylic oxidation sites excluding steroid dienone is 1. The van der Waals surface area contributed by atoms with E-state index in [4.69, 9.17) is 5.73 Å². The Morgan fingerprint density at radius 1 is 1.13 bits per heavy atom. The van der Waals surface area contributed by atoms with Crippen molar-refractivity contribution in [3.8, 4) is 0 Å². The van der Waals surface area contributed by atoms with E-state index in [-0.39, 0.29) is 24.0 Å². The zero-order valence-corrected chi connectivity index (χ0v) is 17.5. The lowest BCUT2D eigenvalue weighted by Gasteiger charge is -2.15. The molecule has 5 nitrogen and oxygen atoms in total. The van der Waals surface area contributed by atoms with Gasteiger partial charge in [-0.05, 0) is 70.9 Å². The summed E-state index contributed by atoms with van der Waals surface area (Å²) in [6, 6.07) is 15.7. The van der Waals surface area contributed by atoms with E-state index in [1.165, 1.54) is 22.7 Å². The van der Waals surface area contributed by atoms with Crippen LogP contribution in [0.4, 0.5) is 11.4 Å². The number of anilines is 2. The van der Waals surface area contributed by atoms with Crippen molar-refractivity contribution in [3.05, 3.63) is 82.6 Å². The summed E-state index contributed by atoms with van der Waals surface area (Å²) < 4.78 is 0. The zero-order valence-electron chi connectivity index (χ0n) is 15.9. The predicted molar refractivity (Wildman–Crippen MR) is 122 cm³/mol. The summed E-state index contributed by atoms with van der Waals surface area (Å²) >= 11 is 2.90. The van der Waals surface area contributed by atoms with E-state index in [1.807, 2.05) is 29.0 Å². The number of ketones is 1. The average molecular weight is 435 g/mol. The molecule has 1 aromatic heterocycles. The molecule has 2 heterocycles. The van der Waals surface area contributed by atoms with Crippen LogP contribution in [0, 0.1) is 0 Å². The number of amides is 2. The third-order valence-corrected chi connectivity index (χ3v) is 6.50. The van der Waals surface area contributed by atoms with Gasteiger partial charge in [0.2, 0.25) is 11.8 Å². The second-order valence-corrected chi connectivity index (χ2v) is 8.81. The summed E-state index contributed by atoms with van der Waals surface area (Å²) in [5, 5.41) is 3.41. The van der Waals surface area contributed by atoms with Crippen molar-refractivity contribution >= 4 is 58.1 Å². The molecule has 2 amide bonds. The Morgan fingerprint density at radius 2 is 1.93 bits per heavy atom. The second kappa shape index (κ2) is 8.69. The van der Waals surface area contributed by atoms with E-state index >= 15 is 0 Å². The van der Waals surface area contributed by atoms with Crippen molar-refractivity contribution < 1.29 is 14.4 Å². The second-order valence-electron chi connectivity index (χ2n) is 6.75. The Morgan fingerprint density at radius 3 is 2.63 bits per heavy atom. The Labute approximate surface area is 182 Å². The van der Waals surface area contributed by atoms with Crippen molar-refractivity contribution in [1.29, 1.82) is 0 Å². The van der Waals surface area contributed by atoms with Gasteiger partial charge in [-0.25, -0.2) is 4.90 Å². The van der Waals surface area contributed by atoms with Crippen molar-refractivity contribution in [2.75, 3.05) is 10.6 Å². The highest BCUT2D eigenvalue weighted by Crippen LogP contribution is 2.34. The molecule has 0 bridgehead atoms. The van der Waals surface area contributed by atoms with Crippen LogP contribution >= 0.6 is 23.1 Å². The van der Waals surface area contributed by atoms with Crippen LogP contribution in [-0.4, -0.2) is 22.8 Å². The van der Waals surface area contributed by atoms with Crippen LogP contribution in [0.1, 0.15) is 22.3 Å². The lowest BCUT2D eigenvalue weighted by molar-refractivity contribution is -0.121. The molecule has 1 aliphatic rings. The third-order valence-electron chi connectivity index (χ3n) is 4.62. The smallest absolute Gasteiger partial charge is 0.247 e. The normalized spacial score (nSPS) is 16.5. The summed E-state index contributed by atoms with van der Waals surface area (Å²) in [7, 11) is 0. The summed E-state index contributed by atoms with van der Waals surface area (Å²) in [6.45, 7) is 0. The number of thiophene rings is 1. The fourth-order valence-corrected chi connectivity index (χ4v) is 4.88. The van der Waals surface area contributed by atoms with E-state index in [0.717, 1.165) is 10.5 Å². The molecule has 2 aromatic carbocycles. The minimum absolute atomic E-state index is 0.127. The number of nitrogen functional groups attached to an aromatic ring is 1. The summed E-state index contributed by atoms with van der Waals surface area (Å²) in [5.74, 6) is -0.649. The first-order valence-electron chi connectivity index (χ1n) is 9.25. The molecular formula is C23H18N2O3S2. The molecular weight excluding hydrogens is 416 g/mol. The Balaban J connectivity index is 1.46. The highest BCUT2D eigenvalue weighted by Gasteiger charge is 2.40. The van der Waals surface area contributed by atoms with Crippen molar-refractivity contribution in [2.45, 2.75) is 16.6 Å². The number of nitrogens with zero attached hydrogens (tertiary/aromatic N) is 1. The van der Waals surface area contributed by atoms with Gasteiger partial charge in [-0.1, -0.05) is 12.1 Å². The Bertz CT molecular complexity index is 1120. The quantitative estimate of drug-likeness (QED) is 0.264. The largest absolute Gasteiger partial charge is 0.399 e. The van der Waals surface area contributed by atoms with Gasteiger partial charge in [0.05, 0.1) is 10.9 Å². The first-order valence-corrected chi connectivity index (χ1v) is 11.1. The Kier molecular flexibility index (Phi) is 5.83. The summed E-state index contributed by atoms with van der Waals surface area (Å²) in [5.41, 5.74) is 8.35. The molecule has 0 radical (unpaired) electrons. The lowest BCUT2D eigenvalue weighted by Crippen LogP contribution is -2.31. The van der Waals surface area contributed by atoms with Gasteiger partial charge in [-0.15, -0.1) is 11.8 Å². The van der Waals surface area contributed by atoms with Crippen molar-refractivity contribution in [1.82, 2.24) is 0 Å². The van der Waals surface area contributed by atoms with Gasteiger partial charge >= 0.3 is 0 Å². The first kappa shape index (κ1) is 20.1. The topological polar surface area (TPSA) is 80.5 Å². The number of carbonyl (C=O) groups is 3. The van der Waals surface area contributed by atoms with E-state index in [9.17, 15) is 14.4 Å². The zero-order chi connectivity index (χ0) is 21.1. The molecule has 1 fully saturated rings. The molecule has 0 aliphatic carbocycles. The van der Waals surface area contributed by atoms with Gasteiger partial charge in [0.1, 0.15) is 0 Å². The van der Waals surface area contributed by atoms with Crippen LogP contribution in [-0.2, 0) is 9.59 Å². The SMILES string of the molecule is Nc1cccc(SC2CC(=O)N(c3ccc(C(=O)/C=C/c4ccsc4)cc3)C2=O)c1. The lowest BCUT2D eigenvalue weighted by atomic mass is 10.1. The van der Waals surface area contributed by atoms with Crippen molar-refractivity contribution in [3.63, 3.8) is 0 Å². The number of imide groups is 1. The molecule has 0 saturated carbocycles. The fourth-order valence-electron chi connectivity index (χ4n) is 3.13. The number of benzene rings is 2. The molecule has 1 atom stereocenters. The molecule has 1 aliphatic heterocycles. The standard InChI is InChI=1S/C23H18N2O3S2/c24-17-2-1-3-19(12-17)30-21-13-22(27)25(23(21)28)18-7-5-16(6-8-18)20(26)9-4-15-10-11-29-14-15/h1-12,14,21H,13,24H2/b9-4+. The van der Waals surface area contributed by atoms with Gasteiger partial charge in [0.25, 0.3) is 0 Å². The van der Waals surface area contributed by atoms with Crippen molar-refractivity contribution in [2.24, 2.45) is 0 Å². The number of hydrogen-bond acceptors (Lipinski definition) is 6. The minimum atomic E-state index is -0.492. The molecule has 1 unspecified atom stereocenters. The van der Waals surface area contributed by atoms with Crippen LogP contribution in [0.3, 0.4) is 0 Å². The molecule has 150 valence electrons. The number of nitrogens with two attached hydrogens (primary N) is 1. The summed E-state index contributed by atoms with van der Waals surface area (Å²) in [6.07, 6.45) is 3.40. The van der Waals surface area contributed by atoms with Crippen LogP contribution in [0.15, 0.2) is 76.3 Å². The van der Waals surface area contributed by atoms with Gasteiger partial charge < -0.3 is 5.73 Å². The van der Waals surface area contributed by atoms with Gasteiger partial charge in [-0.3, -0.25) is 14.4 Å². The predicted octanol–water partition coefficient (Wildman–Crippen LogP) is 4.65. The van der Waals surface area contributed by atoms with E-state index in [0.29, 0.717) is 16.9 Å². The Hall–Kier alpha value is -3.16. The molecule has 3 aromatic rings. The van der Waals surface area contributed by atoms with Gasteiger partial charge in [0, 0.05) is 22.6 Å². The van der Waals surface area contributed by atoms with Crippen LogP contribution in [0.2, 0.25) is 0 Å². The van der Waals surface area contributed by atoms with E-state index in [2.05, 4.69) is 0 Å². The molecule has 7 heteroatoms. The van der Waals surface area contributed by atoms with E-state index < -0.39 is 5.25 Å². The maximum atomic E-state index is 12.8. The van der Waals surface area contributed by atoms with Gasteiger partial charge in [-0.2, -0.15) is 11.3 Å². The van der Waals surface area contributed by atoms with Crippen LogP contribution < -0.4 is 10.6 Å². The highest BCUT2D eigenvalue weighted by atomic mass is 32.2. The average Bonchev–Trinajstić information content (AvgIpc) is 3.34. The van der Waals surface area contributed by atoms with Gasteiger partial charge in [0.15, 0.2) is 5.78 Å². The molecule has 0 spiro atoms. The van der Waals surface area contributed by atoms with Crippen LogP contribution in [0.5, 0.6) is 0 Å². The number of hydrogen-bond donors (Lipinski definition) is 1. The molecule has 2 N–H and O–H groups in total. The van der Waals surface area contributed by atoms with Crippen LogP contribution in [0.25, 0.3) is 6.08 Å². The maximum absolute atomic E-state index is 12.8. The monoisotopic (exact) mass is 434 g/mol. The summed E-state index contributed by atoms with van der Waals surface area (Å²) in [4.78, 5) is 39.7. The maximum Gasteiger partial charge on any atom is 0.247 e. The molecule has 4 rings (SSSR count). The molecule has 1 saturated heterocycles. The fraction of sp³-hybridized carbons (Fsp3) is 0.0870. The first-order chi connectivity index (χ1) is 14.5. The number of thioether (sulfide) groups is 1. The minimum Gasteiger partial charge on any atom is -0.399 e. The third kappa shape index (κ3) is 4.37. The van der Waals surface area contributed by atoms with E-state index in [1.54, 1.807) is 53.8 Å². The highest BCUT2D eigenvalue weighted by molar-refractivity contribution is 8.00.